The molecule has 2 N–H and O–H groups in total. The third kappa shape index (κ3) is 4.50. The predicted molar refractivity (Wildman–Crippen MR) is 109 cm³/mol. The number of benzene rings is 2. The van der Waals surface area contributed by atoms with Crippen molar-refractivity contribution in [2.45, 2.75) is 0 Å². The van der Waals surface area contributed by atoms with Gasteiger partial charge in [-0.3, -0.25) is 9.69 Å². The lowest BCUT2D eigenvalue weighted by molar-refractivity contribution is 0.0322. The second-order valence-electron chi connectivity index (χ2n) is 6.87. The molecule has 0 aliphatic carbocycles. The third-order valence-electron chi connectivity index (χ3n) is 4.86. The summed E-state index contributed by atoms with van der Waals surface area (Å²) in [5, 5.41) is 0. The zero-order chi connectivity index (χ0) is 20.9. The summed E-state index contributed by atoms with van der Waals surface area (Å²) in [5.41, 5.74) is 6.17. The number of rotatable bonds is 7. The maximum absolute atomic E-state index is 14.1. The van der Waals surface area contributed by atoms with E-state index in [0.717, 1.165) is 32.8 Å². The van der Waals surface area contributed by atoms with Crippen molar-refractivity contribution in [3.8, 4) is 28.5 Å². The lowest BCUT2D eigenvalue weighted by Gasteiger charge is -2.26. The number of oxazole rings is 1. The molecule has 1 aromatic heterocycles. The molecular formula is C22H22FN3O4. The van der Waals surface area contributed by atoms with Crippen LogP contribution in [0.25, 0.3) is 22.8 Å². The lowest BCUT2D eigenvalue weighted by atomic mass is 10.1. The highest BCUT2D eigenvalue weighted by Crippen LogP contribution is 2.31. The summed E-state index contributed by atoms with van der Waals surface area (Å²) in [7, 11) is 0. The van der Waals surface area contributed by atoms with Crippen LogP contribution in [0.5, 0.6) is 5.75 Å². The fourth-order valence-electron chi connectivity index (χ4n) is 3.25. The molecule has 7 nitrogen and oxygen atoms in total. The first-order chi connectivity index (χ1) is 14.6. The van der Waals surface area contributed by atoms with E-state index in [-0.39, 0.29) is 22.9 Å². The van der Waals surface area contributed by atoms with Crippen molar-refractivity contribution in [3.63, 3.8) is 0 Å². The second kappa shape index (κ2) is 9.06. The Morgan fingerprint density at radius 3 is 2.57 bits per heavy atom. The molecule has 8 heteroatoms. The van der Waals surface area contributed by atoms with E-state index in [9.17, 15) is 9.18 Å². The molecular weight excluding hydrogens is 389 g/mol. The van der Waals surface area contributed by atoms with Crippen LogP contribution in [0.15, 0.2) is 52.9 Å². The third-order valence-corrected chi connectivity index (χ3v) is 4.86. The van der Waals surface area contributed by atoms with Crippen molar-refractivity contribution >= 4 is 5.91 Å². The van der Waals surface area contributed by atoms with E-state index in [2.05, 4.69) is 9.88 Å². The molecule has 2 heterocycles. The molecule has 0 unspecified atom stereocenters. The Morgan fingerprint density at radius 2 is 1.87 bits per heavy atom. The van der Waals surface area contributed by atoms with Gasteiger partial charge in [0.05, 0.1) is 18.8 Å². The number of morpholine rings is 1. The summed E-state index contributed by atoms with van der Waals surface area (Å²) in [6.45, 7) is 4.71. The Labute approximate surface area is 173 Å². The minimum absolute atomic E-state index is 0.00253. The number of halogens is 1. The minimum atomic E-state index is -0.748. The average molecular weight is 411 g/mol. The van der Waals surface area contributed by atoms with Crippen molar-refractivity contribution in [2.75, 3.05) is 39.5 Å². The van der Waals surface area contributed by atoms with Crippen LogP contribution in [-0.2, 0) is 4.74 Å². The first-order valence-electron chi connectivity index (χ1n) is 9.70. The van der Waals surface area contributed by atoms with Crippen LogP contribution < -0.4 is 10.5 Å². The molecule has 2 aromatic carbocycles. The minimum Gasteiger partial charge on any atom is -0.492 e. The summed E-state index contributed by atoms with van der Waals surface area (Å²) in [6.07, 6.45) is 0. The van der Waals surface area contributed by atoms with Crippen LogP contribution in [0.2, 0.25) is 0 Å². The molecule has 156 valence electrons. The quantitative estimate of drug-likeness (QED) is 0.643. The largest absolute Gasteiger partial charge is 0.492 e. The SMILES string of the molecule is NC(=O)c1nc(-c2ccccc2F)oc1-c1ccc(OCCN2CCOCC2)cc1. The Bertz CT molecular complexity index is 1010. The Balaban J connectivity index is 1.49. The van der Waals surface area contributed by atoms with Crippen LogP contribution in [0.1, 0.15) is 10.5 Å². The van der Waals surface area contributed by atoms with Crippen LogP contribution in [0, 0.1) is 5.82 Å². The van der Waals surface area contributed by atoms with Crippen molar-refractivity contribution in [2.24, 2.45) is 5.73 Å². The number of amides is 1. The number of carbonyl (C=O) groups is 1. The molecule has 3 aromatic rings. The van der Waals surface area contributed by atoms with Gasteiger partial charge in [-0.1, -0.05) is 12.1 Å². The van der Waals surface area contributed by atoms with Crippen LogP contribution >= 0.6 is 0 Å². The molecule has 0 atom stereocenters. The van der Waals surface area contributed by atoms with Crippen molar-refractivity contribution in [1.29, 1.82) is 0 Å². The van der Waals surface area contributed by atoms with E-state index in [1.54, 1.807) is 36.4 Å². The Morgan fingerprint density at radius 1 is 1.13 bits per heavy atom. The molecule has 1 aliphatic heterocycles. The van der Waals surface area contributed by atoms with Gasteiger partial charge >= 0.3 is 0 Å². The highest BCUT2D eigenvalue weighted by atomic mass is 19.1. The molecule has 1 aliphatic rings. The van der Waals surface area contributed by atoms with E-state index in [1.807, 2.05) is 0 Å². The topological polar surface area (TPSA) is 90.8 Å². The standard InChI is InChI=1S/C22H22FN3O4/c23-18-4-2-1-3-17(18)22-25-19(21(24)27)20(30-22)15-5-7-16(8-6-15)29-14-11-26-9-12-28-13-10-26/h1-8H,9-14H2,(H2,24,27). The van der Waals surface area contributed by atoms with Gasteiger partial charge < -0.3 is 19.6 Å². The van der Waals surface area contributed by atoms with E-state index >= 15 is 0 Å². The maximum Gasteiger partial charge on any atom is 0.271 e. The predicted octanol–water partition coefficient (Wildman–Crippen LogP) is 2.96. The van der Waals surface area contributed by atoms with Gasteiger partial charge in [-0.2, -0.15) is 0 Å². The number of nitrogens with two attached hydrogens (primary N) is 1. The van der Waals surface area contributed by atoms with Crippen molar-refractivity contribution in [3.05, 3.63) is 60.0 Å². The number of aromatic nitrogens is 1. The zero-order valence-corrected chi connectivity index (χ0v) is 16.3. The molecule has 30 heavy (non-hydrogen) atoms. The van der Waals surface area contributed by atoms with Gasteiger partial charge in [0.2, 0.25) is 5.89 Å². The fourth-order valence-corrected chi connectivity index (χ4v) is 3.25. The average Bonchev–Trinajstić information content (AvgIpc) is 3.21. The molecule has 1 fully saturated rings. The summed E-state index contributed by atoms with van der Waals surface area (Å²) in [6, 6.07) is 13.1. The summed E-state index contributed by atoms with van der Waals surface area (Å²) in [4.78, 5) is 18.3. The van der Waals surface area contributed by atoms with Gasteiger partial charge in [0.1, 0.15) is 18.2 Å². The monoisotopic (exact) mass is 411 g/mol. The lowest BCUT2D eigenvalue weighted by Crippen LogP contribution is -2.38. The first kappa shape index (κ1) is 20.1. The zero-order valence-electron chi connectivity index (χ0n) is 16.3. The van der Waals surface area contributed by atoms with E-state index < -0.39 is 11.7 Å². The van der Waals surface area contributed by atoms with Gasteiger partial charge in [0.25, 0.3) is 5.91 Å². The number of hydrogen-bond acceptors (Lipinski definition) is 6. The molecule has 1 amide bonds. The number of carbonyl (C=O) groups excluding carboxylic acids is 1. The van der Waals surface area contributed by atoms with Gasteiger partial charge in [0, 0.05) is 25.2 Å². The van der Waals surface area contributed by atoms with Gasteiger partial charge in [-0.15, -0.1) is 0 Å². The second-order valence-corrected chi connectivity index (χ2v) is 6.87. The summed E-state index contributed by atoms with van der Waals surface area (Å²) >= 11 is 0. The smallest absolute Gasteiger partial charge is 0.271 e. The van der Waals surface area contributed by atoms with Gasteiger partial charge in [-0.05, 0) is 36.4 Å². The van der Waals surface area contributed by atoms with E-state index in [1.165, 1.54) is 12.1 Å². The van der Waals surface area contributed by atoms with Gasteiger partial charge in [0.15, 0.2) is 11.5 Å². The Hall–Kier alpha value is -3.23. The van der Waals surface area contributed by atoms with Crippen LogP contribution in [0.4, 0.5) is 4.39 Å². The number of ether oxygens (including phenoxy) is 2. The van der Waals surface area contributed by atoms with Crippen molar-refractivity contribution < 1.29 is 23.1 Å². The number of hydrogen-bond donors (Lipinski definition) is 1. The highest BCUT2D eigenvalue weighted by molar-refractivity contribution is 5.97. The molecule has 0 bridgehead atoms. The number of nitrogens with zero attached hydrogens (tertiary/aromatic N) is 2. The van der Waals surface area contributed by atoms with Crippen molar-refractivity contribution in [1.82, 2.24) is 9.88 Å². The fraction of sp³-hybridized carbons (Fsp3) is 0.273. The molecule has 0 radical (unpaired) electrons. The highest BCUT2D eigenvalue weighted by Gasteiger charge is 2.22. The van der Waals surface area contributed by atoms with E-state index in [4.69, 9.17) is 19.6 Å². The maximum atomic E-state index is 14.1. The normalized spacial score (nSPS) is 14.6. The summed E-state index contributed by atoms with van der Waals surface area (Å²) in [5.74, 6) is -0.350. The number of primary amides is 1. The van der Waals surface area contributed by atoms with Crippen LogP contribution in [0.3, 0.4) is 0 Å². The molecule has 0 spiro atoms. The summed E-state index contributed by atoms with van der Waals surface area (Å²) < 4.78 is 30.9. The first-order valence-corrected chi connectivity index (χ1v) is 9.70. The van der Waals surface area contributed by atoms with E-state index in [0.29, 0.717) is 17.9 Å². The molecule has 0 saturated carbocycles. The van der Waals surface area contributed by atoms with Gasteiger partial charge in [-0.25, -0.2) is 9.37 Å². The van der Waals surface area contributed by atoms with Crippen LogP contribution in [-0.4, -0.2) is 55.2 Å². The molecule has 4 rings (SSSR count). The molecule has 1 saturated heterocycles. The Kier molecular flexibility index (Phi) is 6.06.